The molecule has 2 aromatic carbocycles. The normalized spacial score (nSPS) is 12.0. The van der Waals surface area contributed by atoms with Crippen LogP contribution in [-0.2, 0) is 27.5 Å². The zero-order valence-corrected chi connectivity index (χ0v) is 18.8. The Kier molecular flexibility index (Phi) is 7.96. The molecule has 6 nitrogen and oxygen atoms in total. The van der Waals surface area contributed by atoms with Gasteiger partial charge in [-0.2, -0.15) is 13.2 Å². The molecular weight excluding hydrogens is 455 g/mol. The molecule has 31 heavy (non-hydrogen) atoms. The van der Waals surface area contributed by atoms with Gasteiger partial charge in [0, 0.05) is 46.3 Å². The van der Waals surface area contributed by atoms with E-state index in [9.17, 15) is 26.4 Å². The monoisotopic (exact) mass is 477 g/mol. The smallest absolute Gasteiger partial charge is 0.378 e. The van der Waals surface area contributed by atoms with Crippen molar-refractivity contribution in [2.45, 2.75) is 24.0 Å². The van der Waals surface area contributed by atoms with E-state index >= 15 is 0 Å². The summed E-state index contributed by atoms with van der Waals surface area (Å²) in [5, 5.41) is -0.595. The van der Waals surface area contributed by atoms with Crippen LogP contribution in [0, 0.1) is 0 Å². The third kappa shape index (κ3) is 6.84. The van der Waals surface area contributed by atoms with Crippen molar-refractivity contribution in [1.29, 1.82) is 0 Å². The second-order valence-electron chi connectivity index (χ2n) is 7.10. The average Bonchev–Trinajstić information content (AvgIpc) is 2.67. The van der Waals surface area contributed by atoms with Crippen LogP contribution in [0.3, 0.4) is 0 Å². The van der Waals surface area contributed by atoms with Gasteiger partial charge in [-0.05, 0) is 35.9 Å². The maximum Gasteiger partial charge on any atom is 0.417 e. The lowest BCUT2D eigenvalue weighted by molar-refractivity contribution is -0.137. The van der Waals surface area contributed by atoms with Gasteiger partial charge >= 0.3 is 6.18 Å². The molecule has 0 aliphatic carbocycles. The van der Waals surface area contributed by atoms with Crippen LogP contribution in [0.5, 0.6) is 0 Å². The zero-order chi connectivity index (χ0) is 23.4. The Balaban J connectivity index is 1.95. The number of amides is 1. The fourth-order valence-electron chi connectivity index (χ4n) is 2.72. The Morgan fingerprint density at radius 2 is 1.68 bits per heavy atom. The summed E-state index contributed by atoms with van der Waals surface area (Å²) in [7, 11) is 1.18. The summed E-state index contributed by atoms with van der Waals surface area (Å²) in [6.07, 6.45) is -4.93. The third-order valence-corrected chi connectivity index (χ3v) is 6.27. The number of benzene rings is 2. The van der Waals surface area contributed by atoms with E-state index in [1.165, 1.54) is 4.90 Å². The van der Waals surface area contributed by atoms with E-state index in [1.807, 2.05) is 43.3 Å². The van der Waals surface area contributed by atoms with E-state index in [1.54, 1.807) is 7.05 Å². The third-order valence-electron chi connectivity index (χ3n) is 4.48. The molecule has 0 radical (unpaired) electrons. The van der Waals surface area contributed by atoms with Gasteiger partial charge in [-0.15, -0.1) is 0 Å². The summed E-state index contributed by atoms with van der Waals surface area (Å²) < 4.78 is 65.6. The second-order valence-corrected chi connectivity index (χ2v) is 9.27. The van der Waals surface area contributed by atoms with Crippen LogP contribution in [0.4, 0.5) is 18.9 Å². The van der Waals surface area contributed by atoms with E-state index in [-0.39, 0.29) is 18.9 Å². The highest BCUT2D eigenvalue weighted by molar-refractivity contribution is 7.89. The summed E-state index contributed by atoms with van der Waals surface area (Å²) >= 11 is 5.51. The number of rotatable bonds is 8. The van der Waals surface area contributed by atoms with Gasteiger partial charge in [-0.1, -0.05) is 23.7 Å². The van der Waals surface area contributed by atoms with Crippen molar-refractivity contribution < 1.29 is 26.4 Å². The van der Waals surface area contributed by atoms with Crippen LogP contribution in [0.15, 0.2) is 47.4 Å². The first kappa shape index (κ1) is 25.0. The number of halogens is 4. The zero-order valence-electron chi connectivity index (χ0n) is 17.2. The lowest BCUT2D eigenvalue weighted by Gasteiger charge is -2.19. The lowest BCUT2D eigenvalue weighted by Crippen LogP contribution is -2.32. The average molecular weight is 478 g/mol. The van der Waals surface area contributed by atoms with Crippen molar-refractivity contribution in [3.63, 3.8) is 0 Å². The van der Waals surface area contributed by atoms with Crippen molar-refractivity contribution in [2.24, 2.45) is 0 Å². The van der Waals surface area contributed by atoms with Crippen LogP contribution in [0.25, 0.3) is 0 Å². The largest absolute Gasteiger partial charge is 0.417 e. The number of carbonyl (C=O) groups is 1. The Hall–Kier alpha value is -2.30. The van der Waals surface area contributed by atoms with Crippen molar-refractivity contribution in [1.82, 2.24) is 9.62 Å². The molecule has 0 saturated carbocycles. The van der Waals surface area contributed by atoms with Gasteiger partial charge in [0.1, 0.15) is 0 Å². The van der Waals surface area contributed by atoms with E-state index in [2.05, 4.69) is 4.72 Å². The summed E-state index contributed by atoms with van der Waals surface area (Å²) in [5.41, 5.74) is 0.680. The first-order valence-electron chi connectivity index (χ1n) is 9.18. The van der Waals surface area contributed by atoms with Crippen molar-refractivity contribution in [2.75, 3.05) is 32.6 Å². The number of nitrogens with zero attached hydrogens (tertiary/aromatic N) is 2. The molecular formula is C20H23ClF3N3O3S. The SMILES string of the molecule is CN(Cc1ccc(N(C)C)cc1)C(=O)CCNS(=O)(=O)c1ccc(Cl)c(C(F)(F)F)c1. The van der Waals surface area contributed by atoms with Crippen LogP contribution in [-0.4, -0.2) is 46.9 Å². The summed E-state index contributed by atoms with van der Waals surface area (Å²) in [6.45, 7) is 0.0838. The van der Waals surface area contributed by atoms with Crippen molar-refractivity contribution in [3.05, 3.63) is 58.6 Å². The molecule has 11 heteroatoms. The molecule has 0 unspecified atom stereocenters. The molecule has 0 aromatic heterocycles. The van der Waals surface area contributed by atoms with E-state index in [0.717, 1.165) is 23.4 Å². The fraction of sp³-hybridized carbons (Fsp3) is 0.350. The van der Waals surface area contributed by atoms with Crippen LogP contribution in [0.2, 0.25) is 5.02 Å². The molecule has 0 spiro atoms. The Morgan fingerprint density at radius 1 is 1.06 bits per heavy atom. The standard InChI is InChI=1S/C20H23ClF3N3O3S/c1-26(2)15-6-4-14(5-7-15)13-27(3)19(28)10-11-25-31(29,30)16-8-9-18(21)17(12-16)20(22,23)24/h4-9,12,25H,10-11,13H2,1-3H3. The Labute approximate surface area is 184 Å². The number of nitrogens with one attached hydrogen (secondary N) is 1. The Bertz CT molecular complexity index is 1030. The highest BCUT2D eigenvalue weighted by Gasteiger charge is 2.34. The molecule has 0 bridgehead atoms. The van der Waals surface area contributed by atoms with Crippen LogP contribution in [0.1, 0.15) is 17.5 Å². The highest BCUT2D eigenvalue weighted by atomic mass is 35.5. The van der Waals surface area contributed by atoms with Gasteiger partial charge < -0.3 is 9.80 Å². The molecule has 1 N–H and O–H groups in total. The van der Waals surface area contributed by atoms with Gasteiger partial charge in [-0.3, -0.25) is 4.79 Å². The molecule has 0 saturated heterocycles. The predicted molar refractivity (Wildman–Crippen MR) is 114 cm³/mol. The molecule has 1 amide bonds. The molecule has 0 aliphatic rings. The molecule has 170 valence electrons. The first-order chi connectivity index (χ1) is 14.3. The molecule has 0 aliphatic heterocycles. The van der Waals surface area contributed by atoms with E-state index in [4.69, 9.17) is 11.6 Å². The minimum absolute atomic E-state index is 0.148. The number of sulfonamides is 1. The van der Waals surface area contributed by atoms with Crippen molar-refractivity contribution >= 4 is 33.2 Å². The Morgan fingerprint density at radius 3 is 2.23 bits per heavy atom. The number of carbonyl (C=O) groups excluding carboxylic acids is 1. The van der Waals surface area contributed by atoms with Gasteiger partial charge in [-0.25, -0.2) is 13.1 Å². The molecule has 2 aromatic rings. The summed E-state index contributed by atoms with van der Waals surface area (Å²) in [6, 6.07) is 9.94. The number of alkyl halides is 3. The summed E-state index contributed by atoms with van der Waals surface area (Å²) in [4.78, 5) is 15.1. The number of hydrogen-bond donors (Lipinski definition) is 1. The van der Waals surface area contributed by atoms with Gasteiger partial charge in [0.15, 0.2) is 0 Å². The topological polar surface area (TPSA) is 69.7 Å². The lowest BCUT2D eigenvalue weighted by atomic mass is 10.2. The second kappa shape index (κ2) is 9.88. The fourth-order valence-corrected chi connectivity index (χ4v) is 4.00. The maximum absolute atomic E-state index is 13.0. The minimum Gasteiger partial charge on any atom is -0.378 e. The number of hydrogen-bond acceptors (Lipinski definition) is 4. The van der Waals surface area contributed by atoms with Gasteiger partial charge in [0.2, 0.25) is 15.9 Å². The quantitative estimate of drug-likeness (QED) is 0.628. The number of anilines is 1. The molecule has 0 atom stereocenters. The van der Waals surface area contributed by atoms with Gasteiger partial charge in [0.05, 0.1) is 15.5 Å². The van der Waals surface area contributed by atoms with Crippen LogP contribution < -0.4 is 9.62 Å². The van der Waals surface area contributed by atoms with Gasteiger partial charge in [0.25, 0.3) is 0 Å². The molecule has 0 fully saturated rings. The van der Waals surface area contributed by atoms with E-state index < -0.39 is 31.7 Å². The van der Waals surface area contributed by atoms with Crippen molar-refractivity contribution in [3.8, 4) is 0 Å². The van der Waals surface area contributed by atoms with Crippen LogP contribution >= 0.6 is 11.6 Å². The van der Waals surface area contributed by atoms with E-state index in [0.29, 0.717) is 12.6 Å². The maximum atomic E-state index is 13.0. The summed E-state index contributed by atoms with van der Waals surface area (Å²) in [5.74, 6) is -0.313. The minimum atomic E-state index is -4.79. The predicted octanol–water partition coefficient (Wildman–Crippen LogP) is 3.75. The molecule has 2 rings (SSSR count). The highest BCUT2D eigenvalue weighted by Crippen LogP contribution is 2.35. The first-order valence-corrected chi connectivity index (χ1v) is 11.0. The molecule has 0 heterocycles.